The average Bonchev–Trinajstić information content (AvgIpc) is 3.11. The molecule has 0 heterocycles. The average molecular weight is 239 g/mol. The fraction of sp³-hybridized carbons (Fsp3) is 1.00. The highest BCUT2D eigenvalue weighted by Gasteiger charge is 2.38. The second-order valence-corrected chi connectivity index (χ2v) is 7.00. The van der Waals surface area contributed by atoms with Crippen LogP contribution in [0.3, 0.4) is 0 Å². The molecule has 2 aliphatic rings. The van der Waals surface area contributed by atoms with Gasteiger partial charge in [0.25, 0.3) is 0 Å². The van der Waals surface area contributed by atoms with Gasteiger partial charge in [-0.2, -0.15) is 0 Å². The molecule has 2 heteroatoms. The van der Waals surface area contributed by atoms with Gasteiger partial charge in [0, 0.05) is 12.6 Å². The Morgan fingerprint density at radius 1 is 1.18 bits per heavy atom. The van der Waals surface area contributed by atoms with E-state index in [9.17, 15) is 5.11 Å². The molecule has 2 aliphatic carbocycles. The summed E-state index contributed by atoms with van der Waals surface area (Å²) in [7, 11) is 0. The minimum Gasteiger partial charge on any atom is -0.389 e. The van der Waals surface area contributed by atoms with Crippen LogP contribution in [0.25, 0.3) is 0 Å². The van der Waals surface area contributed by atoms with Gasteiger partial charge in [-0.15, -0.1) is 0 Å². The Labute approximate surface area is 106 Å². The molecule has 2 rings (SSSR count). The third-order valence-electron chi connectivity index (χ3n) is 5.23. The Morgan fingerprint density at radius 2 is 1.76 bits per heavy atom. The molecule has 0 bridgehead atoms. The minimum atomic E-state index is -0.414. The summed E-state index contributed by atoms with van der Waals surface area (Å²) in [5, 5.41) is 14.0. The first-order valence-electron chi connectivity index (χ1n) is 7.41. The van der Waals surface area contributed by atoms with Crippen LogP contribution in [0.4, 0.5) is 0 Å². The van der Waals surface area contributed by atoms with E-state index in [0.29, 0.717) is 11.5 Å². The lowest BCUT2D eigenvalue weighted by molar-refractivity contribution is -0.0270. The third-order valence-corrected chi connectivity index (χ3v) is 5.23. The van der Waals surface area contributed by atoms with E-state index in [2.05, 4.69) is 26.1 Å². The second-order valence-electron chi connectivity index (χ2n) is 7.00. The van der Waals surface area contributed by atoms with Crippen molar-refractivity contribution < 1.29 is 5.11 Å². The Balaban J connectivity index is 1.79. The molecule has 0 radical (unpaired) electrons. The number of aliphatic hydroxyl groups is 1. The molecule has 0 aromatic heterocycles. The minimum absolute atomic E-state index is 0.414. The van der Waals surface area contributed by atoms with Gasteiger partial charge < -0.3 is 10.4 Å². The fourth-order valence-corrected chi connectivity index (χ4v) is 3.02. The maximum Gasteiger partial charge on any atom is 0.0771 e. The van der Waals surface area contributed by atoms with Crippen LogP contribution in [-0.4, -0.2) is 23.3 Å². The number of hydrogen-bond donors (Lipinski definition) is 2. The van der Waals surface area contributed by atoms with Crippen LogP contribution in [0.15, 0.2) is 0 Å². The highest BCUT2D eigenvalue weighted by atomic mass is 16.3. The van der Waals surface area contributed by atoms with E-state index in [1.165, 1.54) is 32.1 Å². The summed E-state index contributed by atoms with van der Waals surface area (Å²) in [5.74, 6) is 0.800. The van der Waals surface area contributed by atoms with Crippen molar-refractivity contribution in [3.05, 3.63) is 0 Å². The Bertz CT molecular complexity index is 250. The lowest BCUT2D eigenvalue weighted by atomic mass is 9.66. The molecule has 0 aromatic rings. The maximum atomic E-state index is 10.5. The van der Waals surface area contributed by atoms with Gasteiger partial charge in [0.05, 0.1) is 5.60 Å². The van der Waals surface area contributed by atoms with Crippen molar-refractivity contribution >= 4 is 0 Å². The van der Waals surface area contributed by atoms with Gasteiger partial charge in [-0.3, -0.25) is 0 Å². The Hall–Kier alpha value is -0.0800. The largest absolute Gasteiger partial charge is 0.389 e. The molecular formula is C15H29NO. The first kappa shape index (κ1) is 13.4. The monoisotopic (exact) mass is 239 g/mol. The smallest absolute Gasteiger partial charge is 0.0771 e. The lowest BCUT2D eigenvalue weighted by Gasteiger charge is -2.42. The molecule has 0 saturated heterocycles. The Morgan fingerprint density at radius 3 is 2.24 bits per heavy atom. The van der Waals surface area contributed by atoms with Crippen molar-refractivity contribution in [2.75, 3.05) is 6.54 Å². The highest BCUT2D eigenvalue weighted by molar-refractivity contribution is 4.93. The molecule has 0 atom stereocenters. The summed E-state index contributed by atoms with van der Waals surface area (Å²) in [6, 6.07) is 0.712. The van der Waals surface area contributed by atoms with Gasteiger partial charge in [-0.25, -0.2) is 0 Å². The first-order valence-corrected chi connectivity index (χ1v) is 7.41. The molecule has 2 nitrogen and oxygen atoms in total. The molecule has 2 fully saturated rings. The molecule has 2 saturated carbocycles. The first-order chi connectivity index (χ1) is 7.95. The van der Waals surface area contributed by atoms with Crippen LogP contribution in [0.5, 0.6) is 0 Å². The molecule has 100 valence electrons. The predicted molar refractivity (Wildman–Crippen MR) is 72.0 cm³/mol. The predicted octanol–water partition coefficient (Wildman–Crippen LogP) is 3.10. The van der Waals surface area contributed by atoms with Crippen LogP contribution < -0.4 is 5.32 Å². The zero-order chi connectivity index (χ0) is 12.5. The topological polar surface area (TPSA) is 32.3 Å². The quantitative estimate of drug-likeness (QED) is 0.772. The summed E-state index contributed by atoms with van der Waals surface area (Å²) >= 11 is 0. The van der Waals surface area contributed by atoms with Crippen molar-refractivity contribution in [1.82, 2.24) is 5.32 Å². The van der Waals surface area contributed by atoms with Crippen molar-refractivity contribution in [3.63, 3.8) is 0 Å². The third kappa shape index (κ3) is 3.45. The van der Waals surface area contributed by atoms with Crippen molar-refractivity contribution in [2.45, 2.75) is 77.4 Å². The van der Waals surface area contributed by atoms with Gasteiger partial charge in [-0.05, 0) is 49.9 Å². The van der Waals surface area contributed by atoms with Gasteiger partial charge in [0.2, 0.25) is 0 Å². The van der Waals surface area contributed by atoms with Gasteiger partial charge in [0.15, 0.2) is 0 Å². The lowest BCUT2D eigenvalue weighted by Crippen LogP contribution is -2.45. The second kappa shape index (κ2) is 4.89. The molecule has 17 heavy (non-hydrogen) atoms. The van der Waals surface area contributed by atoms with E-state index >= 15 is 0 Å². The molecule has 0 amide bonds. The normalized spacial score (nSPS) is 34.9. The molecule has 2 N–H and O–H groups in total. The number of nitrogens with one attached hydrogen (secondary N) is 1. The van der Waals surface area contributed by atoms with Crippen molar-refractivity contribution in [2.24, 2.45) is 11.3 Å². The van der Waals surface area contributed by atoms with Gasteiger partial charge >= 0.3 is 0 Å². The zero-order valence-corrected chi connectivity index (χ0v) is 11.8. The summed E-state index contributed by atoms with van der Waals surface area (Å²) in [4.78, 5) is 0. The van der Waals surface area contributed by atoms with E-state index in [1.54, 1.807) is 0 Å². The standard InChI is InChI=1S/C15H29NO/c1-4-14(2,3)12-7-9-15(17,10-8-12)11-16-13-5-6-13/h12-13,16-17H,4-11H2,1-3H3. The molecular weight excluding hydrogens is 210 g/mol. The SMILES string of the molecule is CCC(C)(C)C1CCC(O)(CNC2CC2)CC1. The van der Waals surface area contributed by atoms with Crippen molar-refractivity contribution in [1.29, 1.82) is 0 Å². The molecule has 0 unspecified atom stereocenters. The van der Waals surface area contributed by atoms with Gasteiger partial charge in [-0.1, -0.05) is 27.2 Å². The fourth-order valence-electron chi connectivity index (χ4n) is 3.02. The van der Waals surface area contributed by atoms with Gasteiger partial charge in [0.1, 0.15) is 0 Å². The number of rotatable bonds is 5. The maximum absolute atomic E-state index is 10.5. The summed E-state index contributed by atoms with van der Waals surface area (Å²) < 4.78 is 0. The molecule has 0 aromatic carbocycles. The van der Waals surface area contributed by atoms with E-state index in [0.717, 1.165) is 25.3 Å². The van der Waals surface area contributed by atoms with Crippen LogP contribution in [-0.2, 0) is 0 Å². The molecule has 0 aliphatic heterocycles. The summed E-state index contributed by atoms with van der Waals surface area (Å²) in [6.07, 6.45) is 8.23. The highest BCUT2D eigenvalue weighted by Crippen LogP contribution is 2.43. The Kier molecular flexibility index (Phi) is 3.84. The van der Waals surface area contributed by atoms with E-state index in [-0.39, 0.29) is 0 Å². The van der Waals surface area contributed by atoms with Crippen LogP contribution in [0, 0.1) is 11.3 Å². The van der Waals surface area contributed by atoms with Crippen molar-refractivity contribution in [3.8, 4) is 0 Å². The van der Waals surface area contributed by atoms with E-state index in [4.69, 9.17) is 0 Å². The van der Waals surface area contributed by atoms with E-state index < -0.39 is 5.60 Å². The molecule has 0 spiro atoms. The summed E-state index contributed by atoms with van der Waals surface area (Å²) in [5.41, 5.74) is 0.0359. The van der Waals surface area contributed by atoms with Crippen LogP contribution in [0.1, 0.15) is 65.7 Å². The van der Waals surface area contributed by atoms with Crippen LogP contribution >= 0.6 is 0 Å². The zero-order valence-electron chi connectivity index (χ0n) is 11.8. The number of hydrogen-bond acceptors (Lipinski definition) is 2. The van der Waals surface area contributed by atoms with E-state index in [1.807, 2.05) is 0 Å². The summed E-state index contributed by atoms with van der Waals surface area (Å²) in [6.45, 7) is 7.86. The van der Waals surface area contributed by atoms with Crippen LogP contribution in [0.2, 0.25) is 0 Å².